The molecule has 2 aromatic heterocycles. The van der Waals surface area contributed by atoms with Crippen LogP contribution in [0.4, 0.5) is 0 Å². The summed E-state index contributed by atoms with van der Waals surface area (Å²) in [4.78, 5) is 43.3. The quantitative estimate of drug-likeness (QED) is 0.448. The number of carbonyl (C=O) groups is 3. The van der Waals surface area contributed by atoms with Crippen molar-refractivity contribution in [2.45, 2.75) is 63.2 Å². The molecule has 1 aliphatic heterocycles. The molecular formula is C27H32N4O6S. The van der Waals surface area contributed by atoms with Crippen LogP contribution in [0.25, 0.3) is 11.0 Å². The number of nitrogens with zero attached hydrogens (tertiary/aromatic N) is 2. The molecule has 0 spiro atoms. The zero-order valence-corrected chi connectivity index (χ0v) is 22.4. The molecule has 2 unspecified atom stereocenters. The van der Waals surface area contributed by atoms with Crippen LogP contribution in [0, 0.1) is 5.92 Å². The number of aromatic nitrogens is 1. The molecule has 1 aliphatic rings. The minimum Gasteiger partial charge on any atom is -0.451 e. The molecule has 11 heteroatoms. The third kappa shape index (κ3) is 6.11. The molecule has 0 radical (unpaired) electrons. The lowest BCUT2D eigenvalue weighted by molar-refractivity contribution is -0.129. The summed E-state index contributed by atoms with van der Waals surface area (Å²) in [7, 11) is -3.99. The first kappa shape index (κ1) is 27.5. The van der Waals surface area contributed by atoms with Crippen molar-refractivity contribution < 1.29 is 27.2 Å². The van der Waals surface area contributed by atoms with Crippen molar-refractivity contribution in [2.75, 3.05) is 6.54 Å². The number of para-hydroxylation sites is 1. The van der Waals surface area contributed by atoms with Crippen LogP contribution in [-0.2, 0) is 19.6 Å². The SMILES string of the molecule is CC(C)CC(NC(=O)c1cc2ccccc2o1)C(=O)NC1CC[C@@H](C)N(S(=O)(=O)c2ccccn2)CC1=O. The third-order valence-electron chi connectivity index (χ3n) is 6.57. The van der Waals surface area contributed by atoms with Gasteiger partial charge in [-0.3, -0.25) is 14.4 Å². The Morgan fingerprint density at radius 1 is 1.13 bits per heavy atom. The number of Topliss-reactive ketones (excluding diaryl/α,β-unsaturated/α-hetero) is 1. The molecule has 4 rings (SSSR count). The van der Waals surface area contributed by atoms with Gasteiger partial charge in [0.1, 0.15) is 11.6 Å². The lowest BCUT2D eigenvalue weighted by atomic mass is 10.0. The van der Waals surface area contributed by atoms with Gasteiger partial charge in [-0.2, -0.15) is 4.31 Å². The van der Waals surface area contributed by atoms with Gasteiger partial charge < -0.3 is 15.1 Å². The number of carbonyl (C=O) groups excluding carboxylic acids is 3. The van der Waals surface area contributed by atoms with Crippen molar-refractivity contribution in [2.24, 2.45) is 5.92 Å². The van der Waals surface area contributed by atoms with Gasteiger partial charge in [0.2, 0.25) is 5.91 Å². The third-order valence-corrected chi connectivity index (χ3v) is 8.45. The summed E-state index contributed by atoms with van der Waals surface area (Å²) in [5.74, 6) is -1.30. The van der Waals surface area contributed by atoms with Crippen LogP contribution in [0.5, 0.6) is 0 Å². The zero-order chi connectivity index (χ0) is 27.4. The van der Waals surface area contributed by atoms with E-state index in [1.807, 2.05) is 26.0 Å². The molecule has 3 heterocycles. The number of hydrogen-bond acceptors (Lipinski definition) is 7. The first-order valence-electron chi connectivity index (χ1n) is 12.6. The molecule has 0 bridgehead atoms. The predicted octanol–water partition coefficient (Wildman–Crippen LogP) is 2.90. The van der Waals surface area contributed by atoms with Crippen LogP contribution in [0.2, 0.25) is 0 Å². The molecule has 1 fully saturated rings. The Balaban J connectivity index is 1.47. The largest absolute Gasteiger partial charge is 0.451 e. The highest BCUT2D eigenvalue weighted by Crippen LogP contribution is 2.23. The molecule has 3 atom stereocenters. The number of fused-ring (bicyclic) bond motifs is 1. The van der Waals surface area contributed by atoms with Crippen LogP contribution in [0.15, 0.2) is 64.2 Å². The van der Waals surface area contributed by atoms with E-state index in [9.17, 15) is 22.8 Å². The maximum absolute atomic E-state index is 13.3. The monoisotopic (exact) mass is 540 g/mol. The first-order chi connectivity index (χ1) is 18.1. The van der Waals surface area contributed by atoms with Crippen molar-refractivity contribution in [1.82, 2.24) is 19.9 Å². The number of benzene rings is 1. The van der Waals surface area contributed by atoms with E-state index in [1.54, 1.807) is 37.3 Å². The van der Waals surface area contributed by atoms with Gasteiger partial charge in [-0.15, -0.1) is 0 Å². The summed E-state index contributed by atoms with van der Waals surface area (Å²) in [5, 5.41) is 6.13. The van der Waals surface area contributed by atoms with E-state index in [-0.39, 0.29) is 29.7 Å². The number of rotatable bonds is 8. The van der Waals surface area contributed by atoms with Crippen LogP contribution in [-0.4, -0.2) is 60.0 Å². The van der Waals surface area contributed by atoms with E-state index in [1.165, 1.54) is 12.3 Å². The van der Waals surface area contributed by atoms with Crippen LogP contribution in [0.3, 0.4) is 0 Å². The summed E-state index contributed by atoms with van der Waals surface area (Å²) in [6.07, 6.45) is 2.36. The van der Waals surface area contributed by atoms with E-state index in [2.05, 4.69) is 15.6 Å². The zero-order valence-electron chi connectivity index (χ0n) is 21.6. The van der Waals surface area contributed by atoms with Gasteiger partial charge in [0.25, 0.3) is 15.9 Å². The topological polar surface area (TPSA) is 139 Å². The first-order valence-corrected chi connectivity index (χ1v) is 14.1. The van der Waals surface area contributed by atoms with Crippen molar-refractivity contribution >= 4 is 38.6 Å². The Labute approximate surface area is 221 Å². The maximum atomic E-state index is 13.3. The van der Waals surface area contributed by atoms with Crippen LogP contribution in [0.1, 0.15) is 50.6 Å². The summed E-state index contributed by atoms with van der Waals surface area (Å²) >= 11 is 0. The number of sulfonamides is 1. The molecule has 1 saturated heterocycles. The number of amides is 2. The molecule has 1 aromatic carbocycles. The number of nitrogens with one attached hydrogen (secondary N) is 2. The van der Waals surface area contributed by atoms with Gasteiger partial charge in [0.05, 0.1) is 12.6 Å². The molecule has 38 heavy (non-hydrogen) atoms. The standard InChI is InChI=1S/C27H32N4O6S/c1-17(2)14-21(30-27(34)24-15-19-8-4-5-9-23(19)37-24)26(33)29-20-12-11-18(3)31(16-22(20)32)38(35,36)25-10-6-7-13-28-25/h4-10,13,15,17-18,20-21H,11-12,14,16H2,1-3H3,(H,29,33)(H,30,34)/t18-,20?,21?/m1/s1. The normalized spacial score (nSPS) is 19.7. The molecule has 2 amide bonds. The average molecular weight is 541 g/mol. The van der Waals surface area contributed by atoms with Gasteiger partial charge in [-0.25, -0.2) is 13.4 Å². The Kier molecular flexibility index (Phi) is 8.27. The highest BCUT2D eigenvalue weighted by atomic mass is 32.2. The van der Waals surface area contributed by atoms with E-state index in [0.717, 1.165) is 9.69 Å². The van der Waals surface area contributed by atoms with Crippen molar-refractivity contribution in [3.63, 3.8) is 0 Å². The highest BCUT2D eigenvalue weighted by molar-refractivity contribution is 7.89. The maximum Gasteiger partial charge on any atom is 0.287 e. The van der Waals surface area contributed by atoms with E-state index in [0.29, 0.717) is 18.4 Å². The van der Waals surface area contributed by atoms with Gasteiger partial charge >= 0.3 is 0 Å². The minimum atomic E-state index is -3.99. The molecule has 3 aromatic rings. The van der Waals surface area contributed by atoms with Crippen molar-refractivity contribution in [3.8, 4) is 0 Å². The Morgan fingerprint density at radius 3 is 2.55 bits per heavy atom. The number of ketones is 1. The smallest absolute Gasteiger partial charge is 0.287 e. The fraction of sp³-hybridized carbons (Fsp3) is 0.407. The summed E-state index contributed by atoms with van der Waals surface area (Å²) in [6.45, 7) is 5.19. The van der Waals surface area contributed by atoms with Gasteiger partial charge in [0, 0.05) is 17.6 Å². The second-order valence-corrected chi connectivity index (χ2v) is 11.8. The molecule has 2 N–H and O–H groups in total. The molecule has 0 saturated carbocycles. The second-order valence-electron chi connectivity index (χ2n) is 9.98. The van der Waals surface area contributed by atoms with Crippen molar-refractivity contribution in [3.05, 3.63) is 60.5 Å². The summed E-state index contributed by atoms with van der Waals surface area (Å²) in [5.41, 5.74) is 0.561. The van der Waals surface area contributed by atoms with E-state index >= 15 is 0 Å². The van der Waals surface area contributed by atoms with Gasteiger partial charge in [0.15, 0.2) is 16.6 Å². The number of hydrogen-bond donors (Lipinski definition) is 2. The van der Waals surface area contributed by atoms with Gasteiger partial charge in [-0.05, 0) is 56.4 Å². The summed E-state index contributed by atoms with van der Waals surface area (Å²) in [6, 6.07) is 11.1. The average Bonchev–Trinajstić information content (AvgIpc) is 3.27. The predicted molar refractivity (Wildman–Crippen MR) is 141 cm³/mol. The molecule has 0 aliphatic carbocycles. The van der Waals surface area contributed by atoms with Gasteiger partial charge in [-0.1, -0.05) is 38.1 Å². The lowest BCUT2D eigenvalue weighted by Crippen LogP contribution is -2.52. The highest BCUT2D eigenvalue weighted by Gasteiger charge is 2.38. The minimum absolute atomic E-state index is 0.0746. The molecule has 10 nitrogen and oxygen atoms in total. The Hall–Kier alpha value is -3.57. The van der Waals surface area contributed by atoms with E-state index < -0.39 is 45.7 Å². The second kappa shape index (κ2) is 11.4. The van der Waals surface area contributed by atoms with E-state index in [4.69, 9.17) is 4.42 Å². The fourth-order valence-electron chi connectivity index (χ4n) is 4.53. The molecule has 202 valence electrons. The summed E-state index contributed by atoms with van der Waals surface area (Å²) < 4.78 is 33.0. The Morgan fingerprint density at radius 2 is 1.87 bits per heavy atom. The van der Waals surface area contributed by atoms with Crippen LogP contribution < -0.4 is 10.6 Å². The fourth-order valence-corrected chi connectivity index (χ4v) is 6.09. The number of furan rings is 1. The number of pyridine rings is 1. The lowest BCUT2D eigenvalue weighted by Gasteiger charge is -2.25. The Bertz CT molecular complexity index is 1390. The van der Waals surface area contributed by atoms with Crippen molar-refractivity contribution in [1.29, 1.82) is 0 Å². The molecular weight excluding hydrogens is 508 g/mol. The van der Waals surface area contributed by atoms with Crippen LogP contribution >= 0.6 is 0 Å².